The van der Waals surface area contributed by atoms with Crippen molar-refractivity contribution in [3.63, 3.8) is 0 Å². The molecule has 0 fully saturated rings. The fraction of sp³-hybridized carbons (Fsp3) is 0.0714. The molecule has 11 heteroatoms. The number of carbonyl (C=O) groups is 1. The van der Waals surface area contributed by atoms with E-state index in [1.807, 2.05) is 0 Å². The normalized spacial score (nSPS) is 19.0. The first kappa shape index (κ1) is 17.2. The second-order valence-electron chi connectivity index (χ2n) is 4.94. The smallest absolute Gasteiger partial charge is 0.233 e. The van der Waals surface area contributed by atoms with Crippen LogP contribution in [0.4, 0.5) is 43.9 Å². The molecule has 0 aliphatic heterocycles. The van der Waals surface area contributed by atoms with Gasteiger partial charge in [-0.15, -0.1) is 0 Å². The average molecular weight is 374 g/mol. The third kappa shape index (κ3) is 1.78. The molecule has 0 N–H and O–H groups in total. The largest absolute Gasteiger partial charge is 0.290 e. The van der Waals surface area contributed by atoms with Crippen molar-refractivity contribution < 1.29 is 48.7 Å². The molecule has 0 aromatic heterocycles. The fourth-order valence-electron chi connectivity index (χ4n) is 2.54. The summed E-state index contributed by atoms with van der Waals surface area (Å²) in [4.78, 5) is 11.7. The molecule has 0 heterocycles. The molecule has 1 nitrogen and oxygen atoms in total. The maximum atomic E-state index is 14.8. The van der Waals surface area contributed by atoms with Gasteiger partial charge in [-0.1, -0.05) is 0 Å². The Balaban J connectivity index is 2.45. The number of hydrogen-bond donors (Lipinski definition) is 0. The molecule has 2 aromatic rings. The van der Waals surface area contributed by atoms with Crippen molar-refractivity contribution in [1.82, 2.24) is 0 Å². The first-order chi connectivity index (χ1) is 11.5. The molecule has 0 amide bonds. The van der Waals surface area contributed by atoms with Crippen LogP contribution in [0.5, 0.6) is 0 Å². The molecule has 0 radical (unpaired) electrons. The number of hydrogen-bond acceptors (Lipinski definition) is 1. The highest BCUT2D eigenvalue weighted by Gasteiger charge is 2.62. The summed E-state index contributed by atoms with van der Waals surface area (Å²) < 4.78 is 135. The van der Waals surface area contributed by atoms with Gasteiger partial charge in [-0.05, 0) is 0 Å². The highest BCUT2D eigenvalue weighted by atomic mass is 19.2. The lowest BCUT2D eigenvalue weighted by molar-refractivity contribution is 0.0636. The Morgan fingerprint density at radius 3 is 1.24 bits per heavy atom. The van der Waals surface area contributed by atoms with Crippen LogP contribution in [0.2, 0.25) is 0 Å². The number of rotatable bonds is 1. The van der Waals surface area contributed by atoms with E-state index in [4.69, 9.17) is 0 Å². The van der Waals surface area contributed by atoms with Gasteiger partial charge in [-0.2, -0.15) is 0 Å². The number of carbonyl (C=O) groups excluding carboxylic acids is 1. The van der Waals surface area contributed by atoms with Crippen LogP contribution in [-0.2, 0) is 5.67 Å². The van der Waals surface area contributed by atoms with E-state index >= 15 is 0 Å². The summed E-state index contributed by atoms with van der Waals surface area (Å²) in [5, 5.41) is 0. The van der Waals surface area contributed by atoms with Gasteiger partial charge in [-0.25, -0.2) is 43.9 Å². The third-order valence-corrected chi connectivity index (χ3v) is 3.71. The van der Waals surface area contributed by atoms with Gasteiger partial charge < -0.3 is 0 Å². The molecule has 1 atom stereocenters. The van der Waals surface area contributed by atoms with Crippen LogP contribution in [0.1, 0.15) is 21.5 Å². The van der Waals surface area contributed by atoms with Gasteiger partial charge in [0.15, 0.2) is 46.5 Å². The minimum atomic E-state index is -4.43. The zero-order valence-corrected chi connectivity index (χ0v) is 11.2. The zero-order chi connectivity index (χ0) is 19.0. The molecular formula is C14F10O. The lowest BCUT2D eigenvalue weighted by Crippen LogP contribution is -2.48. The van der Waals surface area contributed by atoms with E-state index in [9.17, 15) is 48.7 Å². The summed E-state index contributed by atoms with van der Waals surface area (Å²) in [6.07, 6.45) is 0. The molecular weight excluding hydrogens is 374 g/mol. The first-order valence-corrected chi connectivity index (χ1v) is 6.09. The average Bonchev–Trinajstić information content (AvgIpc) is 2.58. The highest BCUT2D eigenvalue weighted by molar-refractivity contribution is 6.15. The Kier molecular flexibility index (Phi) is 3.42. The van der Waals surface area contributed by atoms with Crippen molar-refractivity contribution >= 4 is 5.78 Å². The quantitative estimate of drug-likeness (QED) is 0.412. The molecule has 0 saturated carbocycles. The summed E-state index contributed by atoms with van der Waals surface area (Å²) in [5.41, 5.74) is -10.6. The lowest BCUT2D eigenvalue weighted by atomic mass is 9.68. The van der Waals surface area contributed by atoms with Crippen LogP contribution in [0.25, 0.3) is 0 Å². The molecule has 132 valence electrons. The Labute approximate surface area is 130 Å². The van der Waals surface area contributed by atoms with Gasteiger partial charge in [0.25, 0.3) is 0 Å². The minimum Gasteiger partial charge on any atom is -0.290 e. The third-order valence-electron chi connectivity index (χ3n) is 3.71. The van der Waals surface area contributed by atoms with E-state index in [1.165, 1.54) is 0 Å². The van der Waals surface area contributed by atoms with E-state index in [0.717, 1.165) is 0 Å². The van der Waals surface area contributed by atoms with E-state index in [1.54, 1.807) is 0 Å². The van der Waals surface area contributed by atoms with Gasteiger partial charge >= 0.3 is 0 Å². The van der Waals surface area contributed by atoms with Crippen LogP contribution in [0, 0.1) is 52.4 Å². The molecule has 3 rings (SSSR count). The second-order valence-corrected chi connectivity index (χ2v) is 4.94. The summed E-state index contributed by atoms with van der Waals surface area (Å²) >= 11 is 0. The fourth-order valence-corrected chi connectivity index (χ4v) is 2.54. The zero-order valence-electron chi connectivity index (χ0n) is 11.2. The maximum absolute atomic E-state index is 14.8. The minimum absolute atomic E-state index is 1.73. The molecule has 0 bridgehead atoms. The summed E-state index contributed by atoms with van der Waals surface area (Å²) in [6, 6.07) is 0. The number of ketones is 1. The van der Waals surface area contributed by atoms with Gasteiger partial charge in [-0.3, -0.25) is 4.79 Å². The molecule has 0 saturated heterocycles. The van der Waals surface area contributed by atoms with Crippen LogP contribution in [0.3, 0.4) is 0 Å². The Morgan fingerprint density at radius 1 is 0.480 bits per heavy atom. The molecule has 1 aliphatic carbocycles. The topological polar surface area (TPSA) is 17.1 Å². The first-order valence-electron chi connectivity index (χ1n) is 6.09. The molecule has 1 aliphatic rings. The summed E-state index contributed by atoms with van der Waals surface area (Å²) in [5.74, 6) is -26.1. The van der Waals surface area contributed by atoms with Crippen molar-refractivity contribution in [2.45, 2.75) is 5.67 Å². The van der Waals surface area contributed by atoms with E-state index in [2.05, 4.69) is 0 Å². The molecule has 2 aromatic carbocycles. The SMILES string of the molecule is O=C1c2c(F)c(F)c(F)c(F)c2C1(F)c1c(F)c(F)c(F)c(F)c1F. The Hall–Kier alpha value is -2.59. The number of Topliss-reactive ketones (excluding diaryl/α,β-unsaturated/α-hetero) is 1. The van der Waals surface area contributed by atoms with Crippen LogP contribution >= 0.6 is 0 Å². The van der Waals surface area contributed by atoms with Gasteiger partial charge in [0.1, 0.15) is 0 Å². The standard InChI is InChI=1S/C14F10O/c15-4-1-2(5(16)9(20)8(4)19)14(24,13(1)25)3-6(17)10(21)12(23)11(22)7(3)18. The van der Waals surface area contributed by atoms with Crippen molar-refractivity contribution in [3.05, 3.63) is 69.0 Å². The molecule has 25 heavy (non-hydrogen) atoms. The van der Waals surface area contributed by atoms with Crippen LogP contribution in [0.15, 0.2) is 0 Å². The van der Waals surface area contributed by atoms with Crippen molar-refractivity contribution in [1.29, 1.82) is 0 Å². The Morgan fingerprint density at radius 2 is 0.800 bits per heavy atom. The number of alkyl halides is 1. The van der Waals surface area contributed by atoms with Gasteiger partial charge in [0, 0.05) is 0 Å². The summed E-state index contributed by atoms with van der Waals surface area (Å²) in [7, 11) is 0. The Bertz CT molecular complexity index is 954. The number of fused-ring (bicyclic) bond motifs is 1. The molecule has 1 unspecified atom stereocenters. The van der Waals surface area contributed by atoms with Crippen molar-refractivity contribution in [2.24, 2.45) is 0 Å². The predicted octanol–water partition coefficient (Wildman–Crippen LogP) is 4.35. The van der Waals surface area contributed by atoms with Crippen molar-refractivity contribution in [2.75, 3.05) is 0 Å². The van der Waals surface area contributed by atoms with Gasteiger partial charge in [0.2, 0.25) is 17.3 Å². The number of halogens is 10. The van der Waals surface area contributed by atoms with E-state index < -0.39 is 80.5 Å². The maximum Gasteiger partial charge on any atom is 0.233 e. The lowest BCUT2D eigenvalue weighted by Gasteiger charge is -2.36. The van der Waals surface area contributed by atoms with Crippen molar-refractivity contribution in [3.8, 4) is 0 Å². The van der Waals surface area contributed by atoms with Gasteiger partial charge in [0.05, 0.1) is 16.7 Å². The monoisotopic (exact) mass is 374 g/mol. The predicted molar refractivity (Wildman–Crippen MR) is 58.7 cm³/mol. The van der Waals surface area contributed by atoms with Crippen LogP contribution in [-0.4, -0.2) is 5.78 Å². The summed E-state index contributed by atoms with van der Waals surface area (Å²) in [6.45, 7) is 0. The second kappa shape index (κ2) is 4.96. The highest BCUT2D eigenvalue weighted by Crippen LogP contribution is 2.52. The molecule has 0 spiro atoms. The van der Waals surface area contributed by atoms with E-state index in [-0.39, 0.29) is 0 Å². The number of benzene rings is 2. The van der Waals surface area contributed by atoms with E-state index in [0.29, 0.717) is 0 Å². The van der Waals surface area contributed by atoms with Crippen LogP contribution < -0.4 is 0 Å².